The second kappa shape index (κ2) is 7.82. The molecule has 0 fully saturated rings. The topological polar surface area (TPSA) is 29.1 Å². The summed E-state index contributed by atoms with van der Waals surface area (Å²) in [6.45, 7) is 17.8. The van der Waals surface area contributed by atoms with Gasteiger partial charge in [0.1, 0.15) is 0 Å². The Bertz CT molecular complexity index is 286. The average molecular weight is 306 g/mol. The number of hydrogen-bond acceptors (Lipinski definition) is 3. The van der Waals surface area contributed by atoms with Crippen molar-refractivity contribution in [1.82, 2.24) is 5.32 Å². The van der Waals surface area contributed by atoms with Gasteiger partial charge in [0.25, 0.3) is 0 Å². The van der Waals surface area contributed by atoms with Gasteiger partial charge in [-0.05, 0) is 25.7 Å². The lowest BCUT2D eigenvalue weighted by Gasteiger charge is -2.30. The molecule has 1 amide bonds. The van der Waals surface area contributed by atoms with Crippen molar-refractivity contribution in [1.29, 1.82) is 0 Å². The van der Waals surface area contributed by atoms with Crippen LogP contribution in [0.2, 0.25) is 0 Å². The highest BCUT2D eigenvalue weighted by Crippen LogP contribution is 2.36. The average Bonchev–Trinajstić information content (AvgIpc) is 2.24. The summed E-state index contributed by atoms with van der Waals surface area (Å²) >= 11 is 0. The van der Waals surface area contributed by atoms with E-state index < -0.39 is 0 Å². The van der Waals surface area contributed by atoms with Gasteiger partial charge in [0.05, 0.1) is 0 Å². The van der Waals surface area contributed by atoms with E-state index in [4.69, 9.17) is 0 Å². The van der Waals surface area contributed by atoms with Crippen molar-refractivity contribution in [2.45, 2.75) is 60.1 Å². The lowest BCUT2D eigenvalue weighted by molar-refractivity contribution is -0.131. The van der Waals surface area contributed by atoms with E-state index in [-0.39, 0.29) is 16.1 Å². The molecule has 0 radical (unpaired) electrons. The van der Waals surface area contributed by atoms with Gasteiger partial charge in [0.15, 0.2) is 0 Å². The van der Waals surface area contributed by atoms with Gasteiger partial charge in [-0.3, -0.25) is 4.79 Å². The van der Waals surface area contributed by atoms with Gasteiger partial charge >= 0.3 is 0 Å². The molecule has 0 aromatic carbocycles. The van der Waals surface area contributed by atoms with Gasteiger partial charge in [-0.25, -0.2) is 0 Å². The molecule has 0 aliphatic rings. The number of amides is 1. The molecule has 0 saturated heterocycles. The van der Waals surface area contributed by atoms with E-state index in [9.17, 15) is 4.79 Å². The minimum atomic E-state index is -0.300. The fraction of sp³-hybridized carbons (Fsp3) is 0.933. The van der Waals surface area contributed by atoms with Gasteiger partial charge in [-0.15, -0.1) is 0 Å². The maximum absolute atomic E-state index is 12.2. The highest BCUT2D eigenvalue weighted by molar-refractivity contribution is 8.77. The van der Waals surface area contributed by atoms with Crippen LogP contribution in [0, 0.1) is 17.3 Å². The second-order valence-corrected chi connectivity index (χ2v) is 10.1. The summed E-state index contributed by atoms with van der Waals surface area (Å²) in [5.74, 6) is 2.37. The molecule has 0 aliphatic heterocycles. The Morgan fingerprint density at radius 2 is 1.63 bits per heavy atom. The van der Waals surface area contributed by atoms with Crippen molar-refractivity contribution < 1.29 is 4.79 Å². The standard InChI is InChI=1S/C15H31NOS2/c1-11(2)9-18-19-14(5,6)10-16-13(17)15(7,8)12(3)4/h11-12H,9-10H2,1-8H3,(H,16,17). The maximum Gasteiger partial charge on any atom is 0.225 e. The third kappa shape index (κ3) is 7.50. The second-order valence-electron chi connectivity index (χ2n) is 7.08. The number of carbonyl (C=O) groups excluding carboxylic acids is 1. The molecule has 0 spiro atoms. The van der Waals surface area contributed by atoms with Gasteiger partial charge in [0, 0.05) is 22.5 Å². The van der Waals surface area contributed by atoms with Crippen molar-refractivity contribution in [3.8, 4) is 0 Å². The van der Waals surface area contributed by atoms with E-state index >= 15 is 0 Å². The zero-order valence-electron chi connectivity index (χ0n) is 13.8. The molecule has 0 aliphatic carbocycles. The van der Waals surface area contributed by atoms with E-state index in [1.54, 1.807) is 0 Å². The van der Waals surface area contributed by atoms with E-state index in [0.717, 1.165) is 12.3 Å². The van der Waals surface area contributed by atoms with Crippen molar-refractivity contribution in [2.24, 2.45) is 17.3 Å². The van der Waals surface area contributed by atoms with Gasteiger partial charge < -0.3 is 5.32 Å². The first-order valence-electron chi connectivity index (χ1n) is 7.08. The van der Waals surface area contributed by atoms with Gasteiger partial charge in [-0.1, -0.05) is 63.1 Å². The molecule has 0 rings (SSSR count). The van der Waals surface area contributed by atoms with E-state index in [2.05, 4.69) is 46.9 Å². The third-order valence-electron chi connectivity index (χ3n) is 3.39. The van der Waals surface area contributed by atoms with Crippen LogP contribution in [-0.4, -0.2) is 23.0 Å². The minimum Gasteiger partial charge on any atom is -0.354 e. The lowest BCUT2D eigenvalue weighted by atomic mass is 9.80. The Morgan fingerprint density at radius 1 is 1.11 bits per heavy atom. The Morgan fingerprint density at radius 3 is 2.05 bits per heavy atom. The van der Waals surface area contributed by atoms with Crippen LogP contribution >= 0.6 is 21.6 Å². The Hall–Kier alpha value is 0.170. The van der Waals surface area contributed by atoms with E-state index in [0.29, 0.717) is 11.8 Å². The Balaban J connectivity index is 4.20. The fourth-order valence-corrected chi connectivity index (χ4v) is 4.09. The zero-order chi connectivity index (χ0) is 15.3. The highest BCUT2D eigenvalue weighted by atomic mass is 33.1. The summed E-state index contributed by atoms with van der Waals surface area (Å²) in [4.78, 5) is 12.2. The molecule has 19 heavy (non-hydrogen) atoms. The van der Waals surface area contributed by atoms with Crippen LogP contribution in [-0.2, 0) is 4.79 Å². The summed E-state index contributed by atoms with van der Waals surface area (Å²) in [6.07, 6.45) is 0. The SMILES string of the molecule is CC(C)CSSC(C)(C)CNC(=O)C(C)(C)C(C)C. The number of hydrogen-bond donors (Lipinski definition) is 1. The largest absolute Gasteiger partial charge is 0.354 e. The summed E-state index contributed by atoms with van der Waals surface area (Å²) in [5, 5.41) is 3.11. The normalized spacial score (nSPS) is 13.2. The van der Waals surface area contributed by atoms with Crippen LogP contribution < -0.4 is 5.32 Å². The minimum absolute atomic E-state index is 0.0717. The molecule has 2 nitrogen and oxygen atoms in total. The van der Waals surface area contributed by atoms with Crippen molar-refractivity contribution in [3.63, 3.8) is 0 Å². The molecular formula is C15H31NOS2. The van der Waals surface area contributed by atoms with Crippen LogP contribution in [0.4, 0.5) is 0 Å². The molecule has 0 aromatic rings. The van der Waals surface area contributed by atoms with Crippen molar-refractivity contribution in [2.75, 3.05) is 12.3 Å². The van der Waals surface area contributed by atoms with E-state index in [1.807, 2.05) is 35.4 Å². The Kier molecular flexibility index (Phi) is 7.89. The number of nitrogens with one attached hydrogen (secondary N) is 1. The molecule has 0 atom stereocenters. The summed E-state index contributed by atoms with van der Waals surface area (Å²) in [5.41, 5.74) is -0.300. The molecule has 0 bridgehead atoms. The summed E-state index contributed by atoms with van der Waals surface area (Å²) in [7, 11) is 3.77. The smallest absolute Gasteiger partial charge is 0.225 e. The first-order valence-corrected chi connectivity index (χ1v) is 9.40. The zero-order valence-corrected chi connectivity index (χ0v) is 15.4. The predicted molar refractivity (Wildman–Crippen MR) is 90.6 cm³/mol. The quantitative estimate of drug-likeness (QED) is 0.664. The van der Waals surface area contributed by atoms with Crippen molar-refractivity contribution >= 4 is 27.5 Å². The van der Waals surface area contributed by atoms with E-state index in [1.165, 1.54) is 0 Å². The third-order valence-corrected chi connectivity index (χ3v) is 7.02. The number of rotatable bonds is 8. The van der Waals surface area contributed by atoms with Crippen LogP contribution in [0.15, 0.2) is 0 Å². The molecule has 114 valence electrons. The molecule has 0 heterocycles. The van der Waals surface area contributed by atoms with Crippen molar-refractivity contribution in [3.05, 3.63) is 0 Å². The van der Waals surface area contributed by atoms with Crippen LogP contribution in [0.1, 0.15) is 55.4 Å². The molecule has 0 saturated carbocycles. The monoisotopic (exact) mass is 305 g/mol. The van der Waals surface area contributed by atoms with Gasteiger partial charge in [0.2, 0.25) is 5.91 Å². The molecule has 0 unspecified atom stereocenters. The van der Waals surface area contributed by atoms with Crippen LogP contribution in [0.3, 0.4) is 0 Å². The molecule has 0 aromatic heterocycles. The fourth-order valence-electron chi connectivity index (χ4n) is 1.14. The molecular weight excluding hydrogens is 274 g/mol. The summed E-state index contributed by atoms with van der Waals surface area (Å²) in [6, 6.07) is 0. The number of carbonyl (C=O) groups is 1. The first kappa shape index (κ1) is 19.2. The molecule has 4 heteroatoms. The Labute approximate surface area is 127 Å². The summed E-state index contributed by atoms with van der Waals surface area (Å²) < 4.78 is 0.0717. The van der Waals surface area contributed by atoms with Gasteiger partial charge in [-0.2, -0.15) is 0 Å². The molecule has 1 N–H and O–H groups in total. The maximum atomic E-state index is 12.2. The first-order chi connectivity index (χ1) is 8.49. The predicted octanol–water partition coefficient (Wildman–Crippen LogP) is 4.60. The van der Waals surface area contributed by atoms with Crippen LogP contribution in [0.25, 0.3) is 0 Å². The lowest BCUT2D eigenvalue weighted by Crippen LogP contribution is -2.44. The van der Waals surface area contributed by atoms with Crippen LogP contribution in [0.5, 0.6) is 0 Å². The highest BCUT2D eigenvalue weighted by Gasteiger charge is 2.32.